The van der Waals surface area contributed by atoms with Crippen molar-refractivity contribution in [1.82, 2.24) is 10.2 Å². The minimum atomic E-state index is 0.811. The van der Waals surface area contributed by atoms with Crippen LogP contribution in [0.4, 0.5) is 0 Å². The van der Waals surface area contributed by atoms with Crippen molar-refractivity contribution >= 4 is 11.6 Å². The number of benzene rings is 1. The van der Waals surface area contributed by atoms with Crippen molar-refractivity contribution in [3.63, 3.8) is 0 Å². The summed E-state index contributed by atoms with van der Waals surface area (Å²) < 4.78 is 0. The smallest absolute Gasteiger partial charge is 0.0451 e. The van der Waals surface area contributed by atoms with Crippen LogP contribution < -0.4 is 5.32 Å². The molecular weight excluding hydrogens is 256 g/mol. The van der Waals surface area contributed by atoms with Crippen LogP contribution in [0.2, 0.25) is 5.02 Å². The maximum absolute atomic E-state index is 6.30. The average molecular weight is 279 g/mol. The fourth-order valence-corrected chi connectivity index (χ4v) is 3.22. The van der Waals surface area contributed by atoms with Crippen LogP contribution in [0.3, 0.4) is 0 Å². The van der Waals surface area contributed by atoms with E-state index in [1.807, 2.05) is 12.1 Å². The Hall–Kier alpha value is -0.570. The van der Waals surface area contributed by atoms with Crippen molar-refractivity contribution in [2.45, 2.75) is 38.3 Å². The first-order valence-electron chi connectivity index (χ1n) is 7.51. The summed E-state index contributed by atoms with van der Waals surface area (Å²) in [6.45, 7) is 4.65. The van der Waals surface area contributed by atoms with Gasteiger partial charge in [0.15, 0.2) is 0 Å². The number of piperidine rings is 1. The van der Waals surface area contributed by atoms with E-state index in [4.69, 9.17) is 11.6 Å². The lowest BCUT2D eigenvalue weighted by Crippen LogP contribution is -2.37. The van der Waals surface area contributed by atoms with E-state index in [2.05, 4.69) is 22.3 Å². The van der Waals surface area contributed by atoms with E-state index in [9.17, 15) is 0 Å². The zero-order chi connectivity index (χ0) is 13.1. The maximum atomic E-state index is 6.30. The zero-order valence-corrected chi connectivity index (χ0v) is 12.2. The number of hydrogen-bond donors (Lipinski definition) is 1. The molecule has 0 bridgehead atoms. The summed E-state index contributed by atoms with van der Waals surface area (Å²) in [6.07, 6.45) is 5.39. The SMILES string of the molecule is Clc1ccccc1CN(CC1CCNCC1)C1CC1. The summed E-state index contributed by atoms with van der Waals surface area (Å²) >= 11 is 6.30. The molecule has 104 valence electrons. The Labute approximate surface area is 121 Å². The third kappa shape index (κ3) is 3.71. The fraction of sp³-hybridized carbons (Fsp3) is 0.625. The van der Waals surface area contributed by atoms with E-state index in [1.54, 1.807) is 0 Å². The maximum Gasteiger partial charge on any atom is 0.0451 e. The molecule has 0 radical (unpaired) electrons. The van der Waals surface area contributed by atoms with Gasteiger partial charge in [0.25, 0.3) is 0 Å². The molecule has 3 rings (SSSR count). The van der Waals surface area contributed by atoms with Crippen LogP contribution in [0.5, 0.6) is 0 Å². The molecule has 0 amide bonds. The molecule has 1 aliphatic heterocycles. The van der Waals surface area contributed by atoms with Gasteiger partial charge in [0.2, 0.25) is 0 Å². The van der Waals surface area contributed by atoms with Crippen LogP contribution in [-0.4, -0.2) is 30.6 Å². The Morgan fingerprint density at radius 3 is 2.53 bits per heavy atom. The molecule has 1 saturated carbocycles. The number of nitrogens with zero attached hydrogens (tertiary/aromatic N) is 1. The Morgan fingerprint density at radius 2 is 1.84 bits per heavy atom. The summed E-state index contributed by atoms with van der Waals surface area (Å²) in [4.78, 5) is 2.66. The minimum absolute atomic E-state index is 0.811. The van der Waals surface area contributed by atoms with Gasteiger partial charge < -0.3 is 5.32 Å². The van der Waals surface area contributed by atoms with Gasteiger partial charge in [-0.2, -0.15) is 0 Å². The van der Waals surface area contributed by atoms with Crippen LogP contribution in [0.1, 0.15) is 31.2 Å². The quantitative estimate of drug-likeness (QED) is 0.889. The summed E-state index contributed by atoms with van der Waals surface area (Å²) in [6, 6.07) is 9.09. The monoisotopic (exact) mass is 278 g/mol. The first-order valence-corrected chi connectivity index (χ1v) is 7.89. The second-order valence-electron chi connectivity index (χ2n) is 5.95. The van der Waals surface area contributed by atoms with Gasteiger partial charge in [-0.15, -0.1) is 0 Å². The van der Waals surface area contributed by atoms with Gasteiger partial charge in [-0.1, -0.05) is 29.8 Å². The molecule has 0 aromatic heterocycles. The Kier molecular flexibility index (Phi) is 4.42. The van der Waals surface area contributed by atoms with E-state index < -0.39 is 0 Å². The van der Waals surface area contributed by atoms with E-state index in [0.29, 0.717) is 0 Å². The van der Waals surface area contributed by atoms with Crippen LogP contribution in [0.15, 0.2) is 24.3 Å². The second-order valence-corrected chi connectivity index (χ2v) is 6.35. The van der Waals surface area contributed by atoms with E-state index in [1.165, 1.54) is 50.9 Å². The average Bonchev–Trinajstić information content (AvgIpc) is 3.26. The molecule has 1 aromatic rings. The molecule has 3 heteroatoms. The van der Waals surface area contributed by atoms with Gasteiger partial charge >= 0.3 is 0 Å². The summed E-state index contributed by atoms with van der Waals surface area (Å²) in [7, 11) is 0. The van der Waals surface area contributed by atoms with Gasteiger partial charge in [-0.3, -0.25) is 4.90 Å². The molecule has 1 aromatic carbocycles. The molecule has 0 atom stereocenters. The van der Waals surface area contributed by atoms with Crippen LogP contribution in [-0.2, 0) is 6.54 Å². The Bertz CT molecular complexity index is 411. The highest BCUT2D eigenvalue weighted by Gasteiger charge is 2.31. The van der Waals surface area contributed by atoms with Gasteiger partial charge in [-0.05, 0) is 56.3 Å². The van der Waals surface area contributed by atoms with Crippen LogP contribution in [0.25, 0.3) is 0 Å². The minimum Gasteiger partial charge on any atom is -0.317 e. The van der Waals surface area contributed by atoms with Gasteiger partial charge in [0.1, 0.15) is 0 Å². The van der Waals surface area contributed by atoms with E-state index >= 15 is 0 Å². The molecule has 2 nitrogen and oxygen atoms in total. The molecule has 19 heavy (non-hydrogen) atoms. The van der Waals surface area contributed by atoms with Gasteiger partial charge in [0.05, 0.1) is 0 Å². The van der Waals surface area contributed by atoms with Crippen molar-refractivity contribution in [3.8, 4) is 0 Å². The number of halogens is 1. The lowest BCUT2D eigenvalue weighted by Gasteiger charge is -2.30. The third-order valence-corrected chi connectivity index (χ3v) is 4.71. The summed E-state index contributed by atoms with van der Waals surface area (Å²) in [5.74, 6) is 0.865. The van der Waals surface area contributed by atoms with E-state index in [0.717, 1.165) is 23.5 Å². The van der Waals surface area contributed by atoms with Crippen molar-refractivity contribution in [2.75, 3.05) is 19.6 Å². The number of hydrogen-bond acceptors (Lipinski definition) is 2. The number of rotatable bonds is 5. The first kappa shape index (κ1) is 13.4. The second kappa shape index (κ2) is 6.25. The molecule has 1 saturated heterocycles. The highest BCUT2D eigenvalue weighted by atomic mass is 35.5. The first-order chi connectivity index (χ1) is 9.33. The molecule has 1 heterocycles. The highest BCUT2D eigenvalue weighted by Crippen LogP contribution is 2.31. The predicted molar refractivity (Wildman–Crippen MR) is 80.5 cm³/mol. The Balaban J connectivity index is 1.62. The molecule has 2 fully saturated rings. The molecule has 0 unspecified atom stereocenters. The third-order valence-electron chi connectivity index (χ3n) is 4.35. The lowest BCUT2D eigenvalue weighted by atomic mass is 9.97. The standard InChI is InChI=1S/C16H23ClN2/c17-16-4-2-1-3-14(16)12-19(15-5-6-15)11-13-7-9-18-10-8-13/h1-4,13,15,18H,5-12H2. The molecule has 2 aliphatic rings. The topological polar surface area (TPSA) is 15.3 Å². The van der Waals surface area contributed by atoms with Crippen molar-refractivity contribution in [3.05, 3.63) is 34.9 Å². The van der Waals surface area contributed by atoms with Gasteiger partial charge in [0, 0.05) is 24.2 Å². The number of nitrogens with one attached hydrogen (secondary N) is 1. The lowest BCUT2D eigenvalue weighted by molar-refractivity contribution is 0.190. The molecule has 0 spiro atoms. The fourth-order valence-electron chi connectivity index (χ4n) is 3.02. The van der Waals surface area contributed by atoms with Crippen LogP contribution >= 0.6 is 11.6 Å². The van der Waals surface area contributed by atoms with Crippen molar-refractivity contribution in [2.24, 2.45) is 5.92 Å². The van der Waals surface area contributed by atoms with Crippen LogP contribution in [0, 0.1) is 5.92 Å². The normalized spacial score (nSPS) is 20.9. The summed E-state index contributed by atoms with van der Waals surface area (Å²) in [5.41, 5.74) is 1.28. The zero-order valence-electron chi connectivity index (χ0n) is 11.4. The Morgan fingerprint density at radius 1 is 1.11 bits per heavy atom. The molecular formula is C16H23ClN2. The van der Waals surface area contributed by atoms with Crippen molar-refractivity contribution < 1.29 is 0 Å². The highest BCUT2D eigenvalue weighted by molar-refractivity contribution is 6.31. The molecule has 1 N–H and O–H groups in total. The van der Waals surface area contributed by atoms with Crippen molar-refractivity contribution in [1.29, 1.82) is 0 Å². The van der Waals surface area contributed by atoms with E-state index in [-0.39, 0.29) is 0 Å². The van der Waals surface area contributed by atoms with Gasteiger partial charge in [-0.25, -0.2) is 0 Å². The largest absolute Gasteiger partial charge is 0.317 e. The summed E-state index contributed by atoms with van der Waals surface area (Å²) in [5, 5.41) is 4.37. The molecule has 1 aliphatic carbocycles. The predicted octanol–water partition coefficient (Wildman–Crippen LogP) is 3.30.